The second-order valence-electron chi connectivity index (χ2n) is 3.70. The smallest absolute Gasteiger partial charge is 0.161 e. The van der Waals surface area contributed by atoms with Crippen LogP contribution in [0.2, 0.25) is 0 Å². The van der Waals surface area contributed by atoms with E-state index in [-0.39, 0.29) is 6.10 Å². The van der Waals surface area contributed by atoms with Crippen LogP contribution in [0.15, 0.2) is 18.5 Å². The van der Waals surface area contributed by atoms with E-state index in [1.807, 2.05) is 6.92 Å². The zero-order valence-electron chi connectivity index (χ0n) is 9.08. The van der Waals surface area contributed by atoms with E-state index in [4.69, 9.17) is 4.74 Å². The maximum atomic E-state index is 13.1. The van der Waals surface area contributed by atoms with Crippen molar-refractivity contribution in [1.82, 2.24) is 9.55 Å². The zero-order valence-corrected chi connectivity index (χ0v) is 9.08. The van der Waals surface area contributed by atoms with E-state index in [1.165, 1.54) is 0 Å². The number of benzene rings is 1. The molecule has 1 aromatic heterocycles. The molecule has 0 radical (unpaired) electrons. The van der Waals surface area contributed by atoms with Crippen molar-refractivity contribution in [2.75, 3.05) is 7.11 Å². The quantitative estimate of drug-likeness (QED) is 0.803. The molecule has 0 spiro atoms. The number of hydrogen-bond acceptors (Lipinski definition) is 2. The van der Waals surface area contributed by atoms with Crippen molar-refractivity contribution in [3.8, 4) is 0 Å². The summed E-state index contributed by atoms with van der Waals surface area (Å²) in [5.74, 6) is -1.74. The minimum atomic E-state index is -0.877. The monoisotopic (exact) mass is 226 g/mol. The summed E-state index contributed by atoms with van der Waals surface area (Å²) in [6, 6.07) is 2.25. The highest BCUT2D eigenvalue weighted by molar-refractivity contribution is 5.75. The van der Waals surface area contributed by atoms with Gasteiger partial charge in [-0.3, -0.25) is 0 Å². The molecule has 0 saturated heterocycles. The lowest BCUT2D eigenvalue weighted by Gasteiger charge is -2.10. The van der Waals surface area contributed by atoms with E-state index < -0.39 is 11.6 Å². The molecule has 1 unspecified atom stereocenters. The molecule has 0 saturated carbocycles. The Balaban J connectivity index is 2.44. The van der Waals surface area contributed by atoms with Crippen molar-refractivity contribution in [2.45, 2.75) is 19.6 Å². The van der Waals surface area contributed by atoms with Crippen LogP contribution in [0, 0.1) is 11.6 Å². The number of aromatic nitrogens is 2. The van der Waals surface area contributed by atoms with Gasteiger partial charge in [-0.1, -0.05) is 0 Å². The molecule has 0 amide bonds. The average molecular weight is 226 g/mol. The molecule has 0 N–H and O–H groups in total. The number of imidazole rings is 1. The zero-order chi connectivity index (χ0) is 11.7. The first-order valence-electron chi connectivity index (χ1n) is 4.94. The topological polar surface area (TPSA) is 27.1 Å². The van der Waals surface area contributed by atoms with Crippen LogP contribution in [0.4, 0.5) is 8.78 Å². The first-order valence-corrected chi connectivity index (χ1v) is 4.94. The number of rotatable bonds is 3. The molecule has 0 aliphatic carbocycles. The Labute approximate surface area is 91.7 Å². The third-order valence-corrected chi connectivity index (χ3v) is 2.52. The molecule has 0 aliphatic rings. The second-order valence-corrected chi connectivity index (χ2v) is 3.70. The Morgan fingerprint density at radius 3 is 2.75 bits per heavy atom. The lowest BCUT2D eigenvalue weighted by atomic mass is 10.3. The van der Waals surface area contributed by atoms with E-state index in [1.54, 1.807) is 18.0 Å². The van der Waals surface area contributed by atoms with Crippen molar-refractivity contribution >= 4 is 11.0 Å². The SMILES string of the molecule is COC(C)Cn1cnc2cc(F)c(F)cc21. The van der Waals surface area contributed by atoms with E-state index in [9.17, 15) is 8.78 Å². The number of methoxy groups -OCH3 is 1. The summed E-state index contributed by atoms with van der Waals surface area (Å²) in [5.41, 5.74) is 1.02. The number of halogens is 2. The molecule has 1 atom stereocenters. The minimum absolute atomic E-state index is 0.00878. The Bertz CT molecular complexity index is 510. The van der Waals surface area contributed by atoms with Gasteiger partial charge in [-0.2, -0.15) is 0 Å². The molecular formula is C11H12F2N2O. The van der Waals surface area contributed by atoms with E-state index >= 15 is 0 Å². The number of nitrogens with zero attached hydrogens (tertiary/aromatic N) is 2. The summed E-state index contributed by atoms with van der Waals surface area (Å²) in [6.07, 6.45) is 1.55. The van der Waals surface area contributed by atoms with E-state index in [0.29, 0.717) is 17.6 Å². The predicted octanol–water partition coefficient (Wildman–Crippen LogP) is 2.35. The predicted molar refractivity (Wildman–Crippen MR) is 56.1 cm³/mol. The largest absolute Gasteiger partial charge is 0.380 e. The van der Waals surface area contributed by atoms with Gasteiger partial charge in [0.1, 0.15) is 0 Å². The number of fused-ring (bicyclic) bond motifs is 1. The third-order valence-electron chi connectivity index (χ3n) is 2.52. The lowest BCUT2D eigenvalue weighted by Crippen LogP contribution is -2.13. The van der Waals surface area contributed by atoms with Crippen LogP contribution in [0.1, 0.15) is 6.92 Å². The summed E-state index contributed by atoms with van der Waals surface area (Å²) in [7, 11) is 1.60. The van der Waals surface area contributed by atoms with Crippen LogP contribution in [0.5, 0.6) is 0 Å². The first-order chi connectivity index (χ1) is 7.61. The first kappa shape index (κ1) is 11.0. The fraction of sp³-hybridized carbons (Fsp3) is 0.364. The van der Waals surface area contributed by atoms with Crippen LogP contribution >= 0.6 is 0 Å². The fourth-order valence-corrected chi connectivity index (χ4v) is 1.55. The van der Waals surface area contributed by atoms with Gasteiger partial charge in [-0.05, 0) is 6.92 Å². The van der Waals surface area contributed by atoms with Gasteiger partial charge in [0.25, 0.3) is 0 Å². The molecule has 0 bridgehead atoms. The van der Waals surface area contributed by atoms with Crippen LogP contribution in [0.25, 0.3) is 11.0 Å². The Hall–Kier alpha value is -1.49. The van der Waals surface area contributed by atoms with Crippen molar-refractivity contribution in [3.63, 3.8) is 0 Å². The summed E-state index contributed by atoms with van der Waals surface area (Å²) < 4.78 is 32.9. The lowest BCUT2D eigenvalue weighted by molar-refractivity contribution is 0.104. The number of ether oxygens (including phenoxy) is 1. The fourth-order valence-electron chi connectivity index (χ4n) is 1.55. The molecule has 16 heavy (non-hydrogen) atoms. The molecule has 0 aliphatic heterocycles. The van der Waals surface area contributed by atoms with Crippen molar-refractivity contribution in [3.05, 3.63) is 30.1 Å². The Morgan fingerprint density at radius 2 is 2.06 bits per heavy atom. The average Bonchev–Trinajstić information content (AvgIpc) is 2.62. The molecule has 5 heteroatoms. The molecule has 86 valence electrons. The molecular weight excluding hydrogens is 214 g/mol. The highest BCUT2D eigenvalue weighted by Gasteiger charge is 2.10. The summed E-state index contributed by atoms with van der Waals surface area (Å²) >= 11 is 0. The van der Waals surface area contributed by atoms with Gasteiger partial charge >= 0.3 is 0 Å². The van der Waals surface area contributed by atoms with Gasteiger partial charge in [0.05, 0.1) is 30.0 Å². The molecule has 1 aromatic carbocycles. The van der Waals surface area contributed by atoms with Gasteiger partial charge in [0, 0.05) is 19.2 Å². The van der Waals surface area contributed by atoms with Crippen LogP contribution in [-0.2, 0) is 11.3 Å². The van der Waals surface area contributed by atoms with Crippen LogP contribution < -0.4 is 0 Å². The minimum Gasteiger partial charge on any atom is -0.380 e. The third kappa shape index (κ3) is 1.90. The van der Waals surface area contributed by atoms with Gasteiger partial charge in [-0.15, -0.1) is 0 Å². The second kappa shape index (κ2) is 4.17. The highest BCUT2D eigenvalue weighted by Crippen LogP contribution is 2.17. The summed E-state index contributed by atoms with van der Waals surface area (Å²) in [4.78, 5) is 4.01. The van der Waals surface area contributed by atoms with E-state index in [2.05, 4.69) is 4.98 Å². The Kier molecular flexibility index (Phi) is 2.87. The maximum absolute atomic E-state index is 13.1. The molecule has 0 fully saturated rings. The summed E-state index contributed by atoms with van der Waals surface area (Å²) in [5, 5.41) is 0. The van der Waals surface area contributed by atoms with Crippen molar-refractivity contribution in [2.24, 2.45) is 0 Å². The van der Waals surface area contributed by atoms with Gasteiger partial charge in [0.15, 0.2) is 11.6 Å². The van der Waals surface area contributed by atoms with Gasteiger partial charge in [0.2, 0.25) is 0 Å². The van der Waals surface area contributed by atoms with Crippen molar-refractivity contribution < 1.29 is 13.5 Å². The molecule has 1 heterocycles. The molecule has 2 rings (SSSR count). The highest BCUT2D eigenvalue weighted by atomic mass is 19.2. The van der Waals surface area contributed by atoms with Gasteiger partial charge in [-0.25, -0.2) is 13.8 Å². The molecule has 2 aromatic rings. The maximum Gasteiger partial charge on any atom is 0.161 e. The van der Waals surface area contributed by atoms with Crippen LogP contribution in [-0.4, -0.2) is 22.8 Å². The van der Waals surface area contributed by atoms with E-state index in [0.717, 1.165) is 12.1 Å². The van der Waals surface area contributed by atoms with Crippen LogP contribution in [0.3, 0.4) is 0 Å². The number of hydrogen-bond donors (Lipinski definition) is 0. The van der Waals surface area contributed by atoms with Gasteiger partial charge < -0.3 is 9.30 Å². The van der Waals surface area contributed by atoms with Crippen molar-refractivity contribution in [1.29, 1.82) is 0 Å². The summed E-state index contributed by atoms with van der Waals surface area (Å²) in [6.45, 7) is 2.45. The Morgan fingerprint density at radius 1 is 1.38 bits per heavy atom. The standard InChI is InChI=1S/C11H12F2N2O/c1-7(16-2)5-15-6-14-10-3-8(12)9(13)4-11(10)15/h3-4,6-7H,5H2,1-2H3. The normalized spacial score (nSPS) is 13.2. The molecule has 3 nitrogen and oxygen atoms in total.